The van der Waals surface area contributed by atoms with Gasteiger partial charge >= 0.3 is 6.61 Å². The molecule has 1 N–H and O–H groups in total. The van der Waals surface area contributed by atoms with Gasteiger partial charge in [-0.25, -0.2) is 4.39 Å². The molecule has 4 rings (SSSR count). The number of halogens is 3. The first kappa shape index (κ1) is 23.9. The van der Waals surface area contributed by atoms with Crippen LogP contribution in [0.2, 0.25) is 0 Å². The number of likely N-dealkylation sites (tertiary alicyclic amines) is 1. The number of nitrogens with one attached hydrogen (secondary N) is 1. The molecule has 6 nitrogen and oxygen atoms in total. The van der Waals surface area contributed by atoms with Crippen LogP contribution < -0.4 is 15.0 Å². The van der Waals surface area contributed by atoms with Crippen molar-refractivity contribution in [1.82, 2.24) is 4.90 Å². The smallest absolute Gasteiger partial charge is 0.387 e. The number of anilines is 2. The maximum absolute atomic E-state index is 14.0. The van der Waals surface area contributed by atoms with E-state index >= 15 is 0 Å². The molecular formula is C25H28F3N3O3. The molecule has 0 saturated carbocycles. The Morgan fingerprint density at radius 3 is 2.53 bits per heavy atom. The molecule has 182 valence electrons. The number of hydrogen-bond donors (Lipinski definition) is 1. The Balaban J connectivity index is 1.47. The van der Waals surface area contributed by atoms with Gasteiger partial charge in [0.05, 0.1) is 22.9 Å². The van der Waals surface area contributed by atoms with Crippen LogP contribution in [0.3, 0.4) is 0 Å². The first-order valence-corrected chi connectivity index (χ1v) is 11.6. The van der Waals surface area contributed by atoms with Crippen LogP contribution >= 0.6 is 0 Å². The van der Waals surface area contributed by atoms with Crippen LogP contribution in [-0.4, -0.2) is 49.5 Å². The van der Waals surface area contributed by atoms with Crippen molar-refractivity contribution in [3.8, 4) is 5.75 Å². The topological polar surface area (TPSA) is 61.9 Å². The van der Waals surface area contributed by atoms with Crippen molar-refractivity contribution in [2.24, 2.45) is 5.92 Å². The highest BCUT2D eigenvalue weighted by atomic mass is 19.3. The molecule has 0 aromatic heterocycles. The number of amides is 2. The molecule has 2 aliphatic rings. The van der Waals surface area contributed by atoms with Gasteiger partial charge in [0.25, 0.3) is 5.91 Å². The van der Waals surface area contributed by atoms with Crippen LogP contribution in [0.1, 0.15) is 42.5 Å². The minimum atomic E-state index is -3.05. The van der Waals surface area contributed by atoms with Crippen molar-refractivity contribution < 1.29 is 27.5 Å². The van der Waals surface area contributed by atoms with Gasteiger partial charge in [-0.3, -0.25) is 9.59 Å². The number of carbonyl (C=O) groups excluding carboxylic acids is 2. The normalized spacial score (nSPS) is 18.6. The monoisotopic (exact) mass is 475 g/mol. The van der Waals surface area contributed by atoms with Gasteiger partial charge in [0, 0.05) is 26.2 Å². The van der Waals surface area contributed by atoms with Crippen molar-refractivity contribution in [3.05, 3.63) is 53.8 Å². The first-order valence-electron chi connectivity index (χ1n) is 11.6. The quantitative estimate of drug-likeness (QED) is 0.645. The van der Waals surface area contributed by atoms with Gasteiger partial charge in [0.15, 0.2) is 0 Å². The summed E-state index contributed by atoms with van der Waals surface area (Å²) in [4.78, 5) is 29.8. The van der Waals surface area contributed by atoms with Gasteiger partial charge < -0.3 is 19.9 Å². The lowest BCUT2D eigenvalue weighted by molar-refractivity contribution is -0.121. The Morgan fingerprint density at radius 2 is 1.76 bits per heavy atom. The molecule has 0 bridgehead atoms. The molecular weight excluding hydrogens is 447 g/mol. The number of carbonyl (C=O) groups is 2. The molecule has 9 heteroatoms. The van der Waals surface area contributed by atoms with Crippen molar-refractivity contribution in [1.29, 1.82) is 0 Å². The van der Waals surface area contributed by atoms with Crippen LogP contribution in [0.15, 0.2) is 42.5 Å². The summed E-state index contributed by atoms with van der Waals surface area (Å²) in [6, 6.07) is 10.2. The Kier molecular flexibility index (Phi) is 7.59. The van der Waals surface area contributed by atoms with Crippen molar-refractivity contribution in [3.63, 3.8) is 0 Å². The first-order chi connectivity index (χ1) is 16.4. The fraction of sp³-hybridized carbons (Fsp3) is 0.440. The molecule has 2 saturated heterocycles. The molecule has 1 atom stereocenters. The highest BCUT2D eigenvalue weighted by Crippen LogP contribution is 2.31. The molecule has 2 aromatic rings. The summed E-state index contributed by atoms with van der Waals surface area (Å²) < 4.78 is 44.0. The second-order valence-corrected chi connectivity index (χ2v) is 8.66. The number of benzene rings is 2. The summed E-state index contributed by atoms with van der Waals surface area (Å²) in [6.45, 7) is -0.804. The largest absolute Gasteiger partial charge is 0.434 e. The lowest BCUT2D eigenvalue weighted by atomic mass is 9.96. The Morgan fingerprint density at radius 1 is 1.00 bits per heavy atom. The summed E-state index contributed by atoms with van der Waals surface area (Å²) in [6.07, 6.45) is 4.39. The number of hydrogen-bond acceptors (Lipinski definition) is 4. The molecule has 0 aliphatic carbocycles. The number of para-hydroxylation sites is 1. The van der Waals surface area contributed by atoms with Gasteiger partial charge in [-0.05, 0) is 62.4 Å². The maximum atomic E-state index is 14.0. The van der Waals surface area contributed by atoms with Crippen LogP contribution in [0.5, 0.6) is 5.75 Å². The molecule has 0 spiro atoms. The summed E-state index contributed by atoms with van der Waals surface area (Å²) in [5, 5.41) is 2.87. The van der Waals surface area contributed by atoms with Crippen molar-refractivity contribution >= 4 is 23.2 Å². The molecule has 34 heavy (non-hydrogen) atoms. The van der Waals surface area contributed by atoms with Crippen LogP contribution in [0, 0.1) is 11.7 Å². The van der Waals surface area contributed by atoms with Crippen LogP contribution in [0.4, 0.5) is 24.5 Å². The Bertz CT molecular complexity index is 1030. The van der Waals surface area contributed by atoms with E-state index in [1.807, 2.05) is 0 Å². The minimum absolute atomic E-state index is 0.0290. The second kappa shape index (κ2) is 10.8. The van der Waals surface area contributed by atoms with Gasteiger partial charge in [0.2, 0.25) is 5.91 Å². The molecule has 2 amide bonds. The summed E-state index contributed by atoms with van der Waals surface area (Å²) in [5.74, 6) is -1.89. The van der Waals surface area contributed by atoms with E-state index in [1.165, 1.54) is 35.2 Å². The number of nitrogens with zero attached hydrogens (tertiary/aromatic N) is 2. The second-order valence-electron chi connectivity index (χ2n) is 8.66. The summed E-state index contributed by atoms with van der Waals surface area (Å²) >= 11 is 0. The van der Waals surface area contributed by atoms with Crippen molar-refractivity contribution in [2.75, 3.05) is 36.4 Å². The van der Waals surface area contributed by atoms with Crippen LogP contribution in [-0.2, 0) is 4.79 Å². The third-order valence-electron chi connectivity index (χ3n) is 6.33. The highest BCUT2D eigenvalue weighted by Gasteiger charge is 2.31. The zero-order valence-electron chi connectivity index (χ0n) is 18.8. The van der Waals surface area contributed by atoms with Gasteiger partial charge in [-0.1, -0.05) is 12.1 Å². The molecule has 2 fully saturated rings. The number of alkyl halides is 2. The highest BCUT2D eigenvalue weighted by molar-refractivity contribution is 5.99. The van der Waals surface area contributed by atoms with E-state index in [0.717, 1.165) is 38.0 Å². The van der Waals surface area contributed by atoms with E-state index in [9.17, 15) is 22.8 Å². The van der Waals surface area contributed by atoms with Crippen molar-refractivity contribution in [2.45, 2.75) is 38.7 Å². The molecule has 0 radical (unpaired) electrons. The molecule has 1 unspecified atom stereocenters. The Hall–Kier alpha value is -3.23. The summed E-state index contributed by atoms with van der Waals surface area (Å²) in [7, 11) is 0. The maximum Gasteiger partial charge on any atom is 0.387 e. The van der Waals surface area contributed by atoms with Gasteiger partial charge in [0.1, 0.15) is 11.6 Å². The average Bonchev–Trinajstić information content (AvgIpc) is 2.84. The Labute approximate surface area is 196 Å². The average molecular weight is 476 g/mol. The van der Waals surface area contributed by atoms with Gasteiger partial charge in [-0.2, -0.15) is 8.78 Å². The standard InChI is InChI=1S/C25H28F3N3O3/c26-18-10-11-21(30-12-4-1-5-13-30)20(15-18)29-23(32)17-7-6-14-31(16-17)24(33)19-8-2-3-9-22(19)34-25(27)28/h2-3,8-11,15,17,25H,1,4-7,12-14,16H2,(H,29,32). The number of piperidine rings is 2. The van der Waals surface area contributed by atoms with Crippen LogP contribution in [0.25, 0.3) is 0 Å². The summed E-state index contributed by atoms with van der Waals surface area (Å²) in [5.41, 5.74) is 1.24. The lowest BCUT2D eigenvalue weighted by Gasteiger charge is -2.33. The zero-order valence-corrected chi connectivity index (χ0v) is 18.8. The van der Waals surface area contributed by atoms with E-state index in [-0.39, 0.29) is 23.8 Å². The lowest BCUT2D eigenvalue weighted by Crippen LogP contribution is -2.44. The van der Waals surface area contributed by atoms with E-state index in [0.29, 0.717) is 25.1 Å². The third kappa shape index (κ3) is 5.63. The predicted octanol–water partition coefficient (Wildman–Crippen LogP) is 4.91. The molecule has 2 heterocycles. The minimum Gasteiger partial charge on any atom is -0.434 e. The van der Waals surface area contributed by atoms with E-state index in [1.54, 1.807) is 12.1 Å². The van der Waals surface area contributed by atoms with E-state index in [2.05, 4.69) is 15.0 Å². The molecule has 2 aliphatic heterocycles. The molecule has 2 aromatic carbocycles. The fourth-order valence-electron chi connectivity index (χ4n) is 4.64. The number of rotatable bonds is 6. The zero-order chi connectivity index (χ0) is 24.1. The van der Waals surface area contributed by atoms with E-state index < -0.39 is 24.3 Å². The SMILES string of the molecule is O=C(Nc1cc(F)ccc1N1CCCCC1)C1CCCN(C(=O)c2ccccc2OC(F)F)C1. The number of ether oxygens (including phenoxy) is 1. The predicted molar refractivity (Wildman–Crippen MR) is 123 cm³/mol. The van der Waals surface area contributed by atoms with E-state index in [4.69, 9.17) is 0 Å². The fourth-order valence-corrected chi connectivity index (χ4v) is 4.64. The third-order valence-corrected chi connectivity index (χ3v) is 6.33. The van der Waals surface area contributed by atoms with Gasteiger partial charge in [-0.15, -0.1) is 0 Å².